The van der Waals surface area contributed by atoms with Gasteiger partial charge in [0.1, 0.15) is 11.4 Å². The van der Waals surface area contributed by atoms with Gasteiger partial charge in [0.25, 0.3) is 0 Å². The summed E-state index contributed by atoms with van der Waals surface area (Å²) in [6.45, 7) is 6.70. The average Bonchev–Trinajstić information content (AvgIpc) is 2.60. The molecule has 3 rings (SSSR count). The van der Waals surface area contributed by atoms with Crippen LogP contribution in [0.15, 0.2) is 0 Å². The van der Waals surface area contributed by atoms with E-state index in [4.69, 9.17) is 14.2 Å². The number of nitrogens with zero attached hydrogens (tertiary/aromatic N) is 1. The van der Waals surface area contributed by atoms with Crippen LogP contribution in [0.4, 0.5) is 9.59 Å². The first-order chi connectivity index (χ1) is 13.2. The summed E-state index contributed by atoms with van der Waals surface area (Å²) in [5.74, 6) is 0.279. The molecule has 0 aromatic heterocycles. The smallest absolute Gasteiger partial charge is 0.410 e. The maximum Gasteiger partial charge on any atom is 0.410 e. The van der Waals surface area contributed by atoms with Crippen LogP contribution in [-0.2, 0) is 19.0 Å². The highest BCUT2D eigenvalue weighted by molar-refractivity contribution is 5.79. The first-order valence-corrected chi connectivity index (χ1v) is 10.3. The number of carbonyl (C=O) groups is 3. The molecule has 3 aliphatic rings. The largest absolute Gasteiger partial charge is 0.449 e. The summed E-state index contributed by atoms with van der Waals surface area (Å²) in [6.07, 6.45) is 3.82. The lowest BCUT2D eigenvalue weighted by molar-refractivity contribution is -0.124. The molecule has 8 nitrogen and oxygen atoms in total. The van der Waals surface area contributed by atoms with Crippen molar-refractivity contribution in [3.63, 3.8) is 0 Å². The molecule has 8 heteroatoms. The van der Waals surface area contributed by atoms with Crippen molar-refractivity contribution in [2.24, 2.45) is 0 Å². The summed E-state index contributed by atoms with van der Waals surface area (Å²) in [5, 5.41) is 2.98. The molecule has 1 saturated carbocycles. The van der Waals surface area contributed by atoms with Crippen LogP contribution < -0.4 is 5.32 Å². The lowest BCUT2D eigenvalue weighted by atomic mass is 9.78. The number of cyclic esters (lactones) is 1. The Labute approximate surface area is 166 Å². The van der Waals surface area contributed by atoms with E-state index in [-0.39, 0.29) is 24.0 Å². The van der Waals surface area contributed by atoms with Crippen molar-refractivity contribution in [2.75, 3.05) is 19.8 Å². The van der Waals surface area contributed by atoms with Crippen LogP contribution in [0, 0.1) is 0 Å². The van der Waals surface area contributed by atoms with Gasteiger partial charge in [-0.3, -0.25) is 4.79 Å². The van der Waals surface area contributed by atoms with E-state index in [1.807, 2.05) is 20.8 Å². The van der Waals surface area contributed by atoms with Crippen LogP contribution >= 0.6 is 0 Å². The third-order valence-corrected chi connectivity index (χ3v) is 5.78. The number of Topliss-reactive ketones (excluding diaryl/α,β-unsaturated/α-hetero) is 1. The van der Waals surface area contributed by atoms with Crippen molar-refractivity contribution < 1.29 is 28.6 Å². The third kappa shape index (κ3) is 4.96. The average molecular weight is 396 g/mol. The number of likely N-dealkylation sites (tertiary alicyclic amines) is 1. The second kappa shape index (κ2) is 8.27. The number of hydrogen-bond acceptors (Lipinski definition) is 6. The fourth-order valence-electron chi connectivity index (χ4n) is 4.35. The van der Waals surface area contributed by atoms with Crippen LogP contribution in [0.3, 0.4) is 0 Å². The van der Waals surface area contributed by atoms with Gasteiger partial charge in [0.2, 0.25) is 0 Å². The monoisotopic (exact) mass is 396 g/mol. The minimum atomic E-state index is -0.601. The molecule has 158 valence electrons. The Bertz CT molecular complexity index is 602. The molecule has 2 saturated heterocycles. The number of piperidine rings is 1. The van der Waals surface area contributed by atoms with Gasteiger partial charge >= 0.3 is 12.2 Å². The number of nitrogens with one attached hydrogen (secondary N) is 1. The Hall–Kier alpha value is -1.83. The minimum Gasteiger partial charge on any atom is -0.449 e. The van der Waals surface area contributed by atoms with E-state index < -0.39 is 17.2 Å². The zero-order chi connectivity index (χ0) is 20.4. The number of rotatable bonds is 3. The van der Waals surface area contributed by atoms with Crippen LogP contribution in [0.2, 0.25) is 0 Å². The van der Waals surface area contributed by atoms with Gasteiger partial charge in [-0.15, -0.1) is 0 Å². The third-order valence-electron chi connectivity index (χ3n) is 5.78. The van der Waals surface area contributed by atoms with E-state index in [0.717, 1.165) is 12.8 Å². The lowest BCUT2D eigenvalue weighted by Gasteiger charge is -2.51. The lowest BCUT2D eigenvalue weighted by Crippen LogP contribution is -2.70. The van der Waals surface area contributed by atoms with E-state index in [1.165, 1.54) is 0 Å². The quantitative estimate of drug-likeness (QED) is 0.788. The summed E-state index contributed by atoms with van der Waals surface area (Å²) >= 11 is 0. The maximum atomic E-state index is 12.9. The number of ketones is 1. The summed E-state index contributed by atoms with van der Waals surface area (Å²) in [4.78, 5) is 38.1. The zero-order valence-electron chi connectivity index (χ0n) is 17.1. The number of amides is 2. The summed E-state index contributed by atoms with van der Waals surface area (Å²) in [5.41, 5.74) is -1.18. The Morgan fingerprint density at radius 2 is 1.96 bits per heavy atom. The molecule has 0 bridgehead atoms. The Kier molecular flexibility index (Phi) is 6.17. The highest BCUT2D eigenvalue weighted by Crippen LogP contribution is 2.35. The standard InChI is InChI=1S/C20H32N2O6/c1-19(2,3)28-18(25)22-11-4-9-20(10-12-26-17(24)21-20)16(22)13-27-15-7-5-14(23)6-8-15/h15-16H,4-13H2,1-3H3,(H,21,24). The Balaban J connectivity index is 1.76. The highest BCUT2D eigenvalue weighted by atomic mass is 16.6. The van der Waals surface area contributed by atoms with E-state index in [1.54, 1.807) is 4.90 Å². The molecule has 1 N–H and O–H groups in total. The van der Waals surface area contributed by atoms with E-state index in [9.17, 15) is 14.4 Å². The molecular weight excluding hydrogens is 364 g/mol. The van der Waals surface area contributed by atoms with Gasteiger partial charge in [-0.05, 0) is 46.5 Å². The molecule has 2 amide bonds. The molecular formula is C20H32N2O6. The first kappa shape index (κ1) is 20.9. The molecule has 28 heavy (non-hydrogen) atoms. The molecule has 2 heterocycles. The summed E-state index contributed by atoms with van der Waals surface area (Å²) in [7, 11) is 0. The number of carbonyl (C=O) groups excluding carboxylic acids is 3. The summed E-state index contributed by atoms with van der Waals surface area (Å²) < 4.78 is 16.8. The molecule has 0 radical (unpaired) electrons. The molecule has 1 spiro atoms. The SMILES string of the molecule is CC(C)(C)OC(=O)N1CCCC2(CCOC(=O)N2)C1COC1CCC(=O)CC1. The molecule has 0 aromatic carbocycles. The topological polar surface area (TPSA) is 94.2 Å². The molecule has 2 aliphatic heterocycles. The van der Waals surface area contributed by atoms with Crippen LogP contribution in [0.1, 0.15) is 65.7 Å². The summed E-state index contributed by atoms with van der Waals surface area (Å²) in [6, 6.07) is -0.332. The zero-order valence-corrected chi connectivity index (χ0v) is 17.1. The number of alkyl carbamates (subject to hydrolysis) is 1. The molecule has 3 fully saturated rings. The van der Waals surface area contributed by atoms with Crippen molar-refractivity contribution >= 4 is 18.0 Å². The van der Waals surface area contributed by atoms with E-state index in [2.05, 4.69) is 5.32 Å². The van der Waals surface area contributed by atoms with Gasteiger partial charge in [-0.1, -0.05) is 0 Å². The van der Waals surface area contributed by atoms with Crippen LogP contribution in [-0.4, -0.2) is 65.9 Å². The van der Waals surface area contributed by atoms with E-state index in [0.29, 0.717) is 51.9 Å². The van der Waals surface area contributed by atoms with Crippen molar-refractivity contribution in [2.45, 2.75) is 89.0 Å². The Morgan fingerprint density at radius 1 is 1.25 bits per heavy atom. The van der Waals surface area contributed by atoms with Gasteiger partial charge in [0.05, 0.1) is 30.9 Å². The van der Waals surface area contributed by atoms with Crippen molar-refractivity contribution in [3.8, 4) is 0 Å². The van der Waals surface area contributed by atoms with Crippen molar-refractivity contribution in [1.82, 2.24) is 10.2 Å². The number of ether oxygens (including phenoxy) is 3. The number of hydrogen-bond donors (Lipinski definition) is 1. The van der Waals surface area contributed by atoms with Gasteiger partial charge < -0.3 is 24.4 Å². The van der Waals surface area contributed by atoms with Crippen molar-refractivity contribution in [3.05, 3.63) is 0 Å². The van der Waals surface area contributed by atoms with Gasteiger partial charge in [-0.2, -0.15) is 0 Å². The molecule has 2 unspecified atom stereocenters. The molecule has 0 aromatic rings. The predicted octanol–water partition coefficient (Wildman–Crippen LogP) is 2.78. The normalized spacial score (nSPS) is 29.4. The van der Waals surface area contributed by atoms with Gasteiger partial charge in [-0.25, -0.2) is 9.59 Å². The first-order valence-electron chi connectivity index (χ1n) is 10.3. The second-order valence-corrected chi connectivity index (χ2v) is 9.03. The second-order valence-electron chi connectivity index (χ2n) is 9.03. The van der Waals surface area contributed by atoms with Crippen LogP contribution in [0.25, 0.3) is 0 Å². The highest BCUT2D eigenvalue weighted by Gasteiger charge is 2.50. The fourth-order valence-corrected chi connectivity index (χ4v) is 4.35. The van der Waals surface area contributed by atoms with Gasteiger partial charge in [0, 0.05) is 25.8 Å². The minimum absolute atomic E-state index is 0.00713. The molecule has 1 aliphatic carbocycles. The maximum absolute atomic E-state index is 12.9. The Morgan fingerprint density at radius 3 is 2.61 bits per heavy atom. The van der Waals surface area contributed by atoms with Crippen molar-refractivity contribution in [1.29, 1.82) is 0 Å². The predicted molar refractivity (Wildman–Crippen MR) is 101 cm³/mol. The van der Waals surface area contributed by atoms with E-state index >= 15 is 0 Å². The van der Waals surface area contributed by atoms with Crippen LogP contribution in [0.5, 0.6) is 0 Å². The fraction of sp³-hybridized carbons (Fsp3) is 0.850. The molecule has 2 atom stereocenters. The van der Waals surface area contributed by atoms with Gasteiger partial charge in [0.15, 0.2) is 0 Å².